The molecule has 0 unspecified atom stereocenters. The molecule has 138 valence electrons. The molecule has 0 N–H and O–H groups in total. The average molecular weight is 370 g/mol. The lowest BCUT2D eigenvalue weighted by molar-refractivity contribution is -0.138. The summed E-state index contributed by atoms with van der Waals surface area (Å²) in [5.41, 5.74) is -1.96. The van der Waals surface area contributed by atoms with Crippen molar-refractivity contribution < 1.29 is 36.6 Å². The highest BCUT2D eigenvalue weighted by Crippen LogP contribution is 2.38. The summed E-state index contributed by atoms with van der Waals surface area (Å²) in [6.45, 7) is 2.45. The number of carbonyl (C=O) groups is 2. The molecule has 0 spiro atoms. The fraction of sp³-hybridized carbons (Fsp3) is 0.222. The predicted octanol–water partition coefficient (Wildman–Crippen LogP) is 4.93. The van der Waals surface area contributed by atoms with Crippen LogP contribution in [-0.2, 0) is 10.9 Å². The van der Waals surface area contributed by atoms with Gasteiger partial charge in [0.2, 0.25) is 0 Å². The van der Waals surface area contributed by atoms with Gasteiger partial charge in [-0.1, -0.05) is 0 Å². The van der Waals surface area contributed by atoms with E-state index >= 15 is 0 Å². The molecule has 8 heteroatoms. The highest BCUT2D eigenvalue weighted by Gasteiger charge is 2.36. The first-order chi connectivity index (χ1) is 12.0. The Balaban J connectivity index is 2.69. The second-order valence-corrected chi connectivity index (χ2v) is 5.45. The standard InChI is InChI=1S/C18H14F4O4/c1-9-6-11(19)4-5-15(9)26-16-8-14(18(20,21)22)12(10(2)23)7-13(16)17(24)25-3/h4-8H,1-3H3. The van der Waals surface area contributed by atoms with E-state index < -0.39 is 40.6 Å². The minimum Gasteiger partial charge on any atom is -0.465 e. The molecule has 2 aromatic carbocycles. The normalized spacial score (nSPS) is 11.2. The third-order valence-corrected chi connectivity index (χ3v) is 3.57. The van der Waals surface area contributed by atoms with Gasteiger partial charge in [-0.2, -0.15) is 13.2 Å². The van der Waals surface area contributed by atoms with Crippen LogP contribution < -0.4 is 4.74 Å². The Labute approximate surface area is 146 Å². The van der Waals surface area contributed by atoms with Gasteiger partial charge in [0.15, 0.2) is 5.78 Å². The third-order valence-electron chi connectivity index (χ3n) is 3.57. The monoisotopic (exact) mass is 370 g/mol. The topological polar surface area (TPSA) is 52.6 Å². The lowest BCUT2D eigenvalue weighted by Gasteiger charge is -2.17. The van der Waals surface area contributed by atoms with Gasteiger partial charge in [-0.25, -0.2) is 9.18 Å². The SMILES string of the molecule is COC(=O)c1cc(C(C)=O)c(C(F)(F)F)cc1Oc1ccc(F)cc1C. The van der Waals surface area contributed by atoms with Crippen LogP contribution in [-0.4, -0.2) is 18.9 Å². The molecule has 2 rings (SSSR count). The molecular formula is C18H14F4O4. The van der Waals surface area contributed by atoms with Crippen LogP contribution in [0.5, 0.6) is 11.5 Å². The van der Waals surface area contributed by atoms with E-state index in [-0.39, 0.29) is 11.3 Å². The summed E-state index contributed by atoms with van der Waals surface area (Å²) in [5.74, 6) is -2.79. The van der Waals surface area contributed by atoms with Crippen LogP contribution in [0.3, 0.4) is 0 Å². The number of methoxy groups -OCH3 is 1. The van der Waals surface area contributed by atoms with Crippen LogP contribution in [0.2, 0.25) is 0 Å². The lowest BCUT2D eigenvalue weighted by atomic mass is 9.99. The number of ether oxygens (including phenoxy) is 2. The molecule has 0 saturated heterocycles. The summed E-state index contributed by atoms with van der Waals surface area (Å²) in [6, 6.07) is 4.76. The quantitative estimate of drug-likeness (QED) is 0.435. The van der Waals surface area contributed by atoms with Gasteiger partial charge in [-0.05, 0) is 49.7 Å². The number of ketones is 1. The molecule has 0 saturated carbocycles. The van der Waals surface area contributed by atoms with Gasteiger partial charge in [-0.3, -0.25) is 4.79 Å². The first kappa shape index (κ1) is 19.4. The molecule has 0 heterocycles. The van der Waals surface area contributed by atoms with E-state index in [0.29, 0.717) is 11.6 Å². The summed E-state index contributed by atoms with van der Waals surface area (Å²) in [4.78, 5) is 23.5. The molecule has 4 nitrogen and oxygen atoms in total. The first-order valence-electron chi connectivity index (χ1n) is 7.33. The fourth-order valence-electron chi connectivity index (χ4n) is 2.31. The van der Waals surface area contributed by atoms with Crippen LogP contribution in [0, 0.1) is 12.7 Å². The molecule has 26 heavy (non-hydrogen) atoms. The van der Waals surface area contributed by atoms with E-state index in [2.05, 4.69) is 4.74 Å². The van der Waals surface area contributed by atoms with Crippen LogP contribution >= 0.6 is 0 Å². The maximum absolute atomic E-state index is 13.3. The van der Waals surface area contributed by atoms with Gasteiger partial charge in [0.1, 0.15) is 22.9 Å². The van der Waals surface area contributed by atoms with Crippen molar-refractivity contribution in [2.75, 3.05) is 7.11 Å². The van der Waals surface area contributed by atoms with Crippen molar-refractivity contribution in [1.29, 1.82) is 0 Å². The summed E-state index contributed by atoms with van der Waals surface area (Å²) < 4.78 is 63.1. The summed E-state index contributed by atoms with van der Waals surface area (Å²) in [6.07, 6.45) is -4.84. The Bertz CT molecular complexity index is 872. The van der Waals surface area contributed by atoms with E-state index in [9.17, 15) is 27.2 Å². The lowest BCUT2D eigenvalue weighted by Crippen LogP contribution is -2.15. The van der Waals surface area contributed by atoms with Crippen molar-refractivity contribution in [1.82, 2.24) is 0 Å². The smallest absolute Gasteiger partial charge is 0.417 e. The maximum Gasteiger partial charge on any atom is 0.417 e. The number of rotatable bonds is 4. The Kier molecular flexibility index (Phi) is 5.34. The zero-order valence-electron chi connectivity index (χ0n) is 14.0. The van der Waals surface area contributed by atoms with Gasteiger partial charge in [0.25, 0.3) is 0 Å². The fourth-order valence-corrected chi connectivity index (χ4v) is 2.31. The van der Waals surface area contributed by atoms with Crippen molar-refractivity contribution in [3.63, 3.8) is 0 Å². The Morgan fingerprint density at radius 3 is 2.15 bits per heavy atom. The van der Waals surface area contributed by atoms with E-state index in [1.54, 1.807) is 0 Å². The Hall–Kier alpha value is -2.90. The molecule has 0 aliphatic rings. The van der Waals surface area contributed by atoms with Crippen LogP contribution in [0.15, 0.2) is 30.3 Å². The number of aryl methyl sites for hydroxylation is 1. The van der Waals surface area contributed by atoms with Crippen molar-refractivity contribution in [3.8, 4) is 11.5 Å². The van der Waals surface area contributed by atoms with Crippen LogP contribution in [0.1, 0.15) is 38.8 Å². The van der Waals surface area contributed by atoms with Crippen LogP contribution in [0.4, 0.5) is 17.6 Å². The number of halogens is 4. The van der Waals surface area contributed by atoms with Crippen molar-refractivity contribution in [3.05, 3.63) is 58.4 Å². The number of esters is 1. The minimum absolute atomic E-state index is 0.0558. The van der Waals surface area contributed by atoms with Crippen molar-refractivity contribution in [2.24, 2.45) is 0 Å². The predicted molar refractivity (Wildman–Crippen MR) is 84.0 cm³/mol. The first-order valence-corrected chi connectivity index (χ1v) is 7.33. The van der Waals surface area contributed by atoms with Gasteiger partial charge >= 0.3 is 12.1 Å². The largest absolute Gasteiger partial charge is 0.465 e. The zero-order valence-corrected chi connectivity index (χ0v) is 14.0. The molecule has 0 amide bonds. The van der Waals surface area contributed by atoms with E-state index in [1.807, 2.05) is 0 Å². The van der Waals surface area contributed by atoms with Gasteiger partial charge in [-0.15, -0.1) is 0 Å². The summed E-state index contributed by atoms with van der Waals surface area (Å²) >= 11 is 0. The highest BCUT2D eigenvalue weighted by molar-refractivity contribution is 6.00. The van der Waals surface area contributed by atoms with E-state index in [1.165, 1.54) is 13.0 Å². The highest BCUT2D eigenvalue weighted by atomic mass is 19.4. The molecular weight excluding hydrogens is 356 g/mol. The number of carbonyl (C=O) groups excluding carboxylic acids is 2. The van der Waals surface area contributed by atoms with Gasteiger partial charge in [0.05, 0.1) is 12.7 Å². The van der Waals surface area contributed by atoms with Gasteiger partial charge < -0.3 is 9.47 Å². The molecule has 0 atom stereocenters. The van der Waals surface area contributed by atoms with Crippen molar-refractivity contribution >= 4 is 11.8 Å². The molecule has 2 aromatic rings. The molecule has 0 fully saturated rings. The third kappa shape index (κ3) is 4.01. The second kappa shape index (κ2) is 7.15. The van der Waals surface area contributed by atoms with Crippen LogP contribution in [0.25, 0.3) is 0 Å². The van der Waals surface area contributed by atoms with Crippen molar-refractivity contribution in [2.45, 2.75) is 20.0 Å². The summed E-state index contributed by atoms with van der Waals surface area (Å²) in [5, 5.41) is 0. The summed E-state index contributed by atoms with van der Waals surface area (Å²) in [7, 11) is 1.04. The Morgan fingerprint density at radius 2 is 1.65 bits per heavy atom. The number of Topliss-reactive ketones (excluding diaryl/α,β-unsaturated/α-hetero) is 1. The van der Waals surface area contributed by atoms with E-state index in [0.717, 1.165) is 32.2 Å². The molecule has 0 aliphatic heterocycles. The minimum atomic E-state index is -4.84. The van der Waals surface area contributed by atoms with Gasteiger partial charge in [0, 0.05) is 5.56 Å². The molecule has 0 aliphatic carbocycles. The number of hydrogen-bond donors (Lipinski definition) is 0. The number of alkyl halides is 3. The Morgan fingerprint density at radius 1 is 1.00 bits per heavy atom. The maximum atomic E-state index is 13.3. The molecule has 0 aromatic heterocycles. The molecule has 0 bridgehead atoms. The zero-order chi connectivity index (χ0) is 19.6. The number of hydrogen-bond acceptors (Lipinski definition) is 4. The van der Waals surface area contributed by atoms with E-state index in [4.69, 9.17) is 4.74 Å². The average Bonchev–Trinajstić information content (AvgIpc) is 2.55. The number of benzene rings is 2. The second-order valence-electron chi connectivity index (χ2n) is 5.45. The molecule has 0 radical (unpaired) electrons.